The van der Waals surface area contributed by atoms with Gasteiger partial charge in [0.15, 0.2) is 11.7 Å². The van der Waals surface area contributed by atoms with E-state index in [2.05, 4.69) is 83.8 Å². The number of carbonyl (C=O) groups is 2. The Hall–Kier alpha value is -4.29. The molecule has 0 bridgehead atoms. The lowest BCUT2D eigenvalue weighted by Gasteiger charge is -2.44. The van der Waals surface area contributed by atoms with E-state index in [0.717, 1.165) is 75.0 Å². The molecule has 2 fully saturated rings. The van der Waals surface area contributed by atoms with Crippen LogP contribution in [0.25, 0.3) is 0 Å². The highest BCUT2D eigenvalue weighted by atomic mass is 16.5. The van der Waals surface area contributed by atoms with E-state index in [1.165, 1.54) is 17.6 Å². The highest BCUT2D eigenvalue weighted by molar-refractivity contribution is 6.02. The van der Waals surface area contributed by atoms with Gasteiger partial charge >= 0.3 is 5.97 Å². The van der Waals surface area contributed by atoms with E-state index in [0.29, 0.717) is 25.5 Å². The van der Waals surface area contributed by atoms with Crippen molar-refractivity contribution in [2.45, 2.75) is 75.5 Å². The number of ether oxygens (including phenoxy) is 2. The number of rotatable bonds is 12. The van der Waals surface area contributed by atoms with Crippen LogP contribution in [0.15, 0.2) is 119 Å². The Kier molecular flexibility index (Phi) is 11.0. The monoisotopic (exact) mass is 644 g/mol. The maximum Gasteiger partial charge on any atom is 0.315 e. The van der Waals surface area contributed by atoms with Gasteiger partial charge in [-0.1, -0.05) is 103 Å². The lowest BCUT2D eigenvalue weighted by molar-refractivity contribution is -0.141. The Labute approximate surface area is 285 Å². The van der Waals surface area contributed by atoms with Crippen LogP contribution in [0.4, 0.5) is 0 Å². The van der Waals surface area contributed by atoms with Gasteiger partial charge in [0.2, 0.25) is 0 Å². The summed E-state index contributed by atoms with van der Waals surface area (Å²) in [5.41, 5.74) is 4.54. The second kappa shape index (κ2) is 15.7. The molecule has 0 amide bonds. The molecule has 1 aliphatic carbocycles. The first kappa shape index (κ1) is 33.6. The SMILES string of the molecule is CCOC(=O)CC1=NC(C2(c3ccccc3)CCN(CCC(C(=O)C=C3CCCCC3)(c3ccccc3)c3ccccc3)CC2)=CCO1. The third-order valence-electron chi connectivity index (χ3n) is 10.5. The molecule has 0 N–H and O–H groups in total. The zero-order valence-electron chi connectivity index (χ0n) is 28.2. The second-order valence-corrected chi connectivity index (χ2v) is 13.3. The molecule has 0 unspecified atom stereocenters. The molecule has 0 spiro atoms. The van der Waals surface area contributed by atoms with Gasteiger partial charge in [-0.05, 0) is 100 Å². The van der Waals surface area contributed by atoms with Crippen molar-refractivity contribution >= 4 is 17.7 Å². The first-order valence-electron chi connectivity index (χ1n) is 17.7. The number of allylic oxidation sites excluding steroid dienone is 3. The molecule has 6 rings (SSSR count). The van der Waals surface area contributed by atoms with Gasteiger partial charge in [-0.3, -0.25) is 9.59 Å². The van der Waals surface area contributed by atoms with E-state index < -0.39 is 5.41 Å². The summed E-state index contributed by atoms with van der Waals surface area (Å²) in [5.74, 6) is 0.295. The van der Waals surface area contributed by atoms with E-state index in [4.69, 9.17) is 14.5 Å². The minimum Gasteiger partial charge on any atom is -0.476 e. The Morgan fingerprint density at radius 1 is 0.875 bits per heavy atom. The second-order valence-electron chi connectivity index (χ2n) is 13.3. The molecule has 3 aromatic rings. The summed E-state index contributed by atoms with van der Waals surface area (Å²) >= 11 is 0. The van der Waals surface area contributed by atoms with E-state index in [1.807, 2.05) is 24.3 Å². The molecular weight excluding hydrogens is 596 g/mol. The zero-order chi connectivity index (χ0) is 33.2. The van der Waals surface area contributed by atoms with Crippen LogP contribution in [0, 0.1) is 0 Å². The van der Waals surface area contributed by atoms with Crippen molar-refractivity contribution in [3.63, 3.8) is 0 Å². The minimum atomic E-state index is -0.767. The molecule has 250 valence electrons. The van der Waals surface area contributed by atoms with Crippen LogP contribution in [0.1, 0.15) is 81.4 Å². The van der Waals surface area contributed by atoms with E-state index >= 15 is 0 Å². The lowest BCUT2D eigenvalue weighted by atomic mass is 9.67. The maximum atomic E-state index is 14.7. The quantitative estimate of drug-likeness (QED) is 0.147. The number of carbonyl (C=O) groups excluding carboxylic acids is 2. The van der Waals surface area contributed by atoms with Crippen LogP contribution in [0.3, 0.4) is 0 Å². The van der Waals surface area contributed by atoms with Crippen molar-refractivity contribution in [3.05, 3.63) is 131 Å². The highest BCUT2D eigenvalue weighted by Crippen LogP contribution is 2.44. The van der Waals surface area contributed by atoms with Crippen LogP contribution >= 0.6 is 0 Å². The number of aliphatic imine (C=N–C) groups is 1. The van der Waals surface area contributed by atoms with Crippen molar-refractivity contribution in [1.29, 1.82) is 0 Å². The van der Waals surface area contributed by atoms with Gasteiger partial charge in [-0.2, -0.15) is 0 Å². The van der Waals surface area contributed by atoms with Gasteiger partial charge in [0.1, 0.15) is 13.0 Å². The maximum absolute atomic E-state index is 14.7. The molecule has 6 nitrogen and oxygen atoms in total. The average molecular weight is 645 g/mol. The zero-order valence-corrected chi connectivity index (χ0v) is 28.2. The van der Waals surface area contributed by atoms with Gasteiger partial charge < -0.3 is 14.4 Å². The lowest BCUT2D eigenvalue weighted by Crippen LogP contribution is -2.46. The Morgan fingerprint density at radius 2 is 1.48 bits per heavy atom. The number of nitrogens with zero attached hydrogens (tertiary/aromatic N) is 2. The van der Waals surface area contributed by atoms with E-state index in [1.54, 1.807) is 6.92 Å². The standard InChI is InChI=1S/C42H48N2O4/c1-2-47-40(46)32-39-43-37(23-30-48-39)41(34-17-9-4-10-18-34)24-27-44(28-25-41)29-26-42(35-19-11-5-12-20-35,36-21-13-6-14-22-36)38(45)31-33-15-7-3-8-16-33/h4-6,9-14,17-23,31H,2-3,7-8,15-16,24-30,32H2,1H3. The molecular formula is C42H48N2O4. The number of esters is 1. The first-order valence-corrected chi connectivity index (χ1v) is 17.7. The summed E-state index contributed by atoms with van der Waals surface area (Å²) in [5, 5.41) is 0. The molecule has 0 atom stereocenters. The van der Waals surface area contributed by atoms with Gasteiger partial charge in [0.25, 0.3) is 0 Å². The number of likely N-dealkylation sites (tertiary alicyclic amines) is 1. The van der Waals surface area contributed by atoms with Crippen molar-refractivity contribution in [2.24, 2.45) is 4.99 Å². The predicted octanol–water partition coefficient (Wildman–Crippen LogP) is 8.12. The molecule has 3 aliphatic rings. The molecule has 1 saturated heterocycles. The topological polar surface area (TPSA) is 68.2 Å². The normalized spacial score (nSPS) is 18.2. The van der Waals surface area contributed by atoms with Crippen molar-refractivity contribution in [1.82, 2.24) is 4.90 Å². The average Bonchev–Trinajstić information content (AvgIpc) is 3.14. The molecule has 2 heterocycles. The van der Waals surface area contributed by atoms with Crippen LogP contribution in [0.5, 0.6) is 0 Å². The van der Waals surface area contributed by atoms with Gasteiger partial charge in [0, 0.05) is 5.41 Å². The number of ketones is 1. The van der Waals surface area contributed by atoms with Crippen molar-refractivity contribution in [2.75, 3.05) is 32.8 Å². The minimum absolute atomic E-state index is 0.0351. The predicted molar refractivity (Wildman–Crippen MR) is 191 cm³/mol. The third-order valence-corrected chi connectivity index (χ3v) is 10.5. The van der Waals surface area contributed by atoms with Crippen LogP contribution in [-0.2, 0) is 29.9 Å². The summed E-state index contributed by atoms with van der Waals surface area (Å²) in [6.45, 7) is 5.05. The molecule has 0 aromatic heterocycles. The number of hydrogen-bond donors (Lipinski definition) is 0. The fourth-order valence-corrected chi connectivity index (χ4v) is 7.86. The van der Waals surface area contributed by atoms with Gasteiger partial charge in [0.05, 0.1) is 17.7 Å². The Balaban J connectivity index is 1.27. The molecule has 3 aromatic carbocycles. The number of hydrogen-bond acceptors (Lipinski definition) is 6. The number of benzene rings is 3. The fraction of sp³-hybridized carbons (Fsp3) is 0.405. The van der Waals surface area contributed by atoms with Crippen LogP contribution in [0.2, 0.25) is 0 Å². The van der Waals surface area contributed by atoms with E-state index in [9.17, 15) is 9.59 Å². The van der Waals surface area contributed by atoms with E-state index in [-0.39, 0.29) is 23.6 Å². The fourth-order valence-electron chi connectivity index (χ4n) is 7.86. The van der Waals surface area contributed by atoms with Crippen LogP contribution < -0.4 is 0 Å². The molecule has 6 heteroatoms. The third kappa shape index (κ3) is 7.39. The Morgan fingerprint density at radius 3 is 2.08 bits per heavy atom. The van der Waals surface area contributed by atoms with Gasteiger partial charge in [-0.25, -0.2) is 4.99 Å². The molecule has 48 heavy (non-hydrogen) atoms. The van der Waals surface area contributed by atoms with Crippen molar-refractivity contribution < 1.29 is 19.1 Å². The highest BCUT2D eigenvalue weighted by Gasteiger charge is 2.44. The van der Waals surface area contributed by atoms with Crippen LogP contribution in [-0.4, -0.2) is 55.4 Å². The molecule has 1 saturated carbocycles. The summed E-state index contributed by atoms with van der Waals surface area (Å²) in [6, 6.07) is 31.4. The summed E-state index contributed by atoms with van der Waals surface area (Å²) in [7, 11) is 0. The van der Waals surface area contributed by atoms with Gasteiger partial charge in [-0.15, -0.1) is 0 Å². The van der Waals surface area contributed by atoms with Crippen molar-refractivity contribution in [3.8, 4) is 0 Å². The first-order chi connectivity index (χ1) is 23.5. The smallest absolute Gasteiger partial charge is 0.315 e. The summed E-state index contributed by atoms with van der Waals surface area (Å²) < 4.78 is 11.0. The molecule has 2 aliphatic heterocycles. The Bertz CT molecular complexity index is 1570. The largest absolute Gasteiger partial charge is 0.476 e. The summed E-state index contributed by atoms with van der Waals surface area (Å²) in [6.07, 6.45) is 12.2. The molecule has 0 radical (unpaired) electrons. The number of piperidine rings is 1. The summed E-state index contributed by atoms with van der Waals surface area (Å²) in [4.78, 5) is 34.4.